The van der Waals surface area contributed by atoms with Crippen molar-refractivity contribution in [3.8, 4) is 0 Å². The summed E-state index contributed by atoms with van der Waals surface area (Å²) < 4.78 is 5.01. The second-order valence-corrected chi connectivity index (χ2v) is 5.88. The molecule has 2 aliphatic rings. The smallest absolute Gasteiger partial charge is 0.222 e. The van der Waals surface area contributed by atoms with Crippen molar-refractivity contribution in [2.45, 2.75) is 13.3 Å². The molecule has 2 heterocycles. The molecule has 0 radical (unpaired) electrons. The molecule has 3 rings (SSSR count). The van der Waals surface area contributed by atoms with Gasteiger partial charge in [0, 0.05) is 33.0 Å². The maximum atomic E-state index is 10.9. The molecule has 0 aliphatic carbocycles. The highest BCUT2D eigenvalue weighted by Gasteiger charge is 2.17. The summed E-state index contributed by atoms with van der Waals surface area (Å²) in [7, 11) is 0. The predicted octanol–water partition coefficient (Wildman–Crippen LogP) is 2.26. The maximum Gasteiger partial charge on any atom is 0.222 e. The van der Waals surface area contributed by atoms with E-state index in [1.165, 1.54) is 6.92 Å². The molecule has 23 heavy (non-hydrogen) atoms. The van der Waals surface area contributed by atoms with E-state index in [9.17, 15) is 4.79 Å². The van der Waals surface area contributed by atoms with Gasteiger partial charge in [0.05, 0.1) is 28.9 Å². The summed E-state index contributed by atoms with van der Waals surface area (Å²) in [5.74, 6) is 0.559. The van der Waals surface area contributed by atoms with Crippen LogP contribution in [0.25, 0.3) is 0 Å². The van der Waals surface area contributed by atoms with E-state index in [0.29, 0.717) is 28.8 Å². The van der Waals surface area contributed by atoms with E-state index in [1.54, 1.807) is 17.1 Å². The number of benzene rings is 1. The number of nitrogens with one attached hydrogen (secondary N) is 2. The summed E-state index contributed by atoms with van der Waals surface area (Å²) in [6.07, 6.45) is 0.708. The Morgan fingerprint density at radius 2 is 2.04 bits per heavy atom. The van der Waals surface area contributed by atoms with Crippen molar-refractivity contribution in [1.29, 1.82) is 0 Å². The number of nitrogens with zero attached hydrogens (tertiary/aromatic N) is 2. The van der Waals surface area contributed by atoms with Gasteiger partial charge in [-0.05, 0) is 18.2 Å². The highest BCUT2D eigenvalue weighted by atomic mass is 35.5. The van der Waals surface area contributed by atoms with E-state index >= 15 is 0 Å². The van der Waals surface area contributed by atoms with Gasteiger partial charge in [0.15, 0.2) is 0 Å². The van der Waals surface area contributed by atoms with E-state index in [4.69, 9.17) is 27.9 Å². The number of carbonyl (C=O) groups excluding carboxylic acids is 1. The van der Waals surface area contributed by atoms with Gasteiger partial charge in [-0.2, -0.15) is 5.10 Å². The van der Waals surface area contributed by atoms with Crippen molar-refractivity contribution in [2.75, 3.05) is 37.9 Å². The maximum absolute atomic E-state index is 10.9. The van der Waals surface area contributed by atoms with Crippen LogP contribution in [0.2, 0.25) is 10.0 Å². The monoisotopic (exact) mass is 358 g/mol. The number of amides is 1. The molecule has 0 saturated carbocycles. The molecule has 1 saturated heterocycles. The third kappa shape index (κ3) is 5.99. The minimum absolute atomic E-state index is 0.111. The third-order valence-corrected chi connectivity index (χ3v) is 3.91. The summed E-state index contributed by atoms with van der Waals surface area (Å²) in [4.78, 5) is 10.9. The number of hydrazone groups is 1. The standard InChI is InChI=1S/C11H11Cl2N3O.C4H9NO/c1-7(17)14-11-4-5-16(15-11)8-2-3-9(12)10(13)6-8;1-3-6-4-2-5-1/h2-3,6H,4-5H2,1H3,(H,14,15,17);5H,1-4H2. The van der Waals surface area contributed by atoms with Crippen molar-refractivity contribution in [2.24, 2.45) is 5.10 Å². The molecular weight excluding hydrogens is 339 g/mol. The first-order valence-corrected chi connectivity index (χ1v) is 8.18. The number of rotatable bonds is 1. The van der Waals surface area contributed by atoms with E-state index in [-0.39, 0.29) is 5.91 Å². The van der Waals surface area contributed by atoms with Crippen LogP contribution in [0.4, 0.5) is 5.69 Å². The molecule has 2 aliphatic heterocycles. The van der Waals surface area contributed by atoms with Crippen molar-refractivity contribution < 1.29 is 9.53 Å². The van der Waals surface area contributed by atoms with Crippen LogP contribution in [0.3, 0.4) is 0 Å². The zero-order valence-corrected chi connectivity index (χ0v) is 14.5. The van der Waals surface area contributed by atoms with Crippen molar-refractivity contribution in [3.63, 3.8) is 0 Å². The molecule has 2 N–H and O–H groups in total. The molecule has 0 spiro atoms. The Bertz CT molecular complexity index is 565. The number of amidine groups is 1. The Kier molecular flexibility index (Phi) is 7.11. The third-order valence-electron chi connectivity index (χ3n) is 3.17. The van der Waals surface area contributed by atoms with Gasteiger partial charge in [-0.3, -0.25) is 9.80 Å². The Labute approximate surface area is 145 Å². The normalized spacial score (nSPS) is 17.2. The highest BCUT2D eigenvalue weighted by molar-refractivity contribution is 6.42. The minimum atomic E-state index is -0.111. The second kappa shape index (κ2) is 9.08. The topological polar surface area (TPSA) is 66.0 Å². The fourth-order valence-electron chi connectivity index (χ4n) is 2.10. The molecule has 126 valence electrons. The molecule has 0 unspecified atom stereocenters. The Morgan fingerprint density at radius 3 is 2.57 bits per heavy atom. The molecule has 1 aromatic carbocycles. The molecule has 1 fully saturated rings. The average Bonchev–Trinajstić information content (AvgIpc) is 3.00. The lowest BCUT2D eigenvalue weighted by molar-refractivity contribution is -0.117. The lowest BCUT2D eigenvalue weighted by Gasteiger charge is -2.13. The largest absolute Gasteiger partial charge is 0.379 e. The average molecular weight is 359 g/mol. The second-order valence-electron chi connectivity index (χ2n) is 5.06. The van der Waals surface area contributed by atoms with E-state index in [2.05, 4.69) is 15.7 Å². The van der Waals surface area contributed by atoms with Crippen LogP contribution >= 0.6 is 23.2 Å². The van der Waals surface area contributed by atoms with Crippen LogP contribution in [0.5, 0.6) is 0 Å². The molecule has 8 heteroatoms. The molecule has 0 bridgehead atoms. The minimum Gasteiger partial charge on any atom is -0.379 e. The van der Waals surface area contributed by atoms with Gasteiger partial charge in [0.1, 0.15) is 5.84 Å². The fraction of sp³-hybridized carbons (Fsp3) is 0.467. The molecular formula is C15H20Cl2N4O2. The summed E-state index contributed by atoms with van der Waals surface area (Å²) in [6.45, 7) is 6.01. The summed E-state index contributed by atoms with van der Waals surface area (Å²) in [5.41, 5.74) is 0.861. The van der Waals surface area contributed by atoms with Gasteiger partial charge in [-0.15, -0.1) is 0 Å². The number of halogens is 2. The number of hydrogen-bond acceptors (Lipinski definition) is 5. The lowest BCUT2D eigenvalue weighted by atomic mass is 10.3. The van der Waals surface area contributed by atoms with Crippen LogP contribution in [0.15, 0.2) is 23.3 Å². The van der Waals surface area contributed by atoms with E-state index < -0.39 is 0 Å². The first-order chi connectivity index (χ1) is 11.1. The van der Waals surface area contributed by atoms with Gasteiger partial charge in [0.25, 0.3) is 0 Å². The van der Waals surface area contributed by atoms with Gasteiger partial charge in [0.2, 0.25) is 5.91 Å². The number of ether oxygens (including phenoxy) is 1. The summed E-state index contributed by atoms with van der Waals surface area (Å²) in [5, 5.41) is 12.9. The van der Waals surface area contributed by atoms with Crippen molar-refractivity contribution in [1.82, 2.24) is 10.6 Å². The Hall–Kier alpha value is -1.34. The highest BCUT2D eigenvalue weighted by Crippen LogP contribution is 2.28. The number of anilines is 1. The zero-order chi connectivity index (χ0) is 16.7. The fourth-order valence-corrected chi connectivity index (χ4v) is 2.39. The quantitative estimate of drug-likeness (QED) is 0.807. The summed E-state index contributed by atoms with van der Waals surface area (Å²) in [6, 6.07) is 5.32. The van der Waals surface area contributed by atoms with Crippen LogP contribution in [-0.2, 0) is 9.53 Å². The van der Waals surface area contributed by atoms with Gasteiger partial charge in [-0.1, -0.05) is 23.2 Å². The van der Waals surface area contributed by atoms with Crippen LogP contribution < -0.4 is 15.6 Å². The molecule has 1 amide bonds. The van der Waals surface area contributed by atoms with Gasteiger partial charge >= 0.3 is 0 Å². The number of hydrogen-bond donors (Lipinski definition) is 2. The van der Waals surface area contributed by atoms with Crippen LogP contribution in [0, 0.1) is 0 Å². The predicted molar refractivity (Wildman–Crippen MR) is 93.4 cm³/mol. The molecule has 1 aromatic rings. The summed E-state index contributed by atoms with van der Waals surface area (Å²) >= 11 is 11.8. The SMILES string of the molecule is C1COCCN1.CC(=O)NC1=NN(c2ccc(Cl)c(Cl)c2)CC1. The van der Waals surface area contributed by atoms with E-state index in [1.807, 2.05) is 6.07 Å². The first-order valence-electron chi connectivity index (χ1n) is 7.42. The van der Waals surface area contributed by atoms with Gasteiger partial charge < -0.3 is 15.4 Å². The molecule has 6 nitrogen and oxygen atoms in total. The molecule has 0 aromatic heterocycles. The van der Waals surface area contributed by atoms with E-state index in [0.717, 1.165) is 32.0 Å². The van der Waals surface area contributed by atoms with Crippen molar-refractivity contribution >= 4 is 40.6 Å². The lowest BCUT2D eigenvalue weighted by Crippen LogP contribution is -2.30. The van der Waals surface area contributed by atoms with Crippen LogP contribution in [-0.4, -0.2) is 44.6 Å². The first kappa shape index (κ1) is 18.0. The number of carbonyl (C=O) groups is 1. The zero-order valence-electron chi connectivity index (χ0n) is 12.9. The molecule has 0 atom stereocenters. The Balaban J connectivity index is 0.000000268. The van der Waals surface area contributed by atoms with Crippen LogP contribution in [0.1, 0.15) is 13.3 Å². The van der Waals surface area contributed by atoms with Crippen molar-refractivity contribution in [3.05, 3.63) is 28.2 Å². The number of morpholine rings is 1. The van der Waals surface area contributed by atoms with Gasteiger partial charge in [-0.25, -0.2) is 0 Å². The Morgan fingerprint density at radius 1 is 1.30 bits per heavy atom.